The summed E-state index contributed by atoms with van der Waals surface area (Å²) < 4.78 is 0.890. The van der Waals surface area contributed by atoms with Gasteiger partial charge < -0.3 is 5.32 Å². The van der Waals surface area contributed by atoms with E-state index >= 15 is 0 Å². The van der Waals surface area contributed by atoms with Crippen LogP contribution < -0.4 is 5.32 Å². The van der Waals surface area contributed by atoms with Crippen LogP contribution in [0.1, 0.15) is 18.7 Å². The number of hydrogen-bond acceptors (Lipinski definition) is 3. The van der Waals surface area contributed by atoms with E-state index in [4.69, 9.17) is 11.6 Å². The van der Waals surface area contributed by atoms with Crippen LogP contribution in [0.2, 0.25) is 4.34 Å². The van der Waals surface area contributed by atoms with E-state index in [0.717, 1.165) is 24.0 Å². The summed E-state index contributed by atoms with van der Waals surface area (Å²) in [5.41, 5.74) is 0. The molecule has 0 amide bonds. The molecule has 0 radical (unpaired) electrons. The molecule has 0 aliphatic carbocycles. The number of rotatable bonds is 2. The van der Waals surface area contributed by atoms with Crippen molar-refractivity contribution in [3.8, 4) is 0 Å². The highest BCUT2D eigenvalue weighted by molar-refractivity contribution is 7.16. The van der Waals surface area contributed by atoms with Crippen molar-refractivity contribution in [1.29, 1.82) is 0 Å². The van der Waals surface area contributed by atoms with E-state index in [-0.39, 0.29) is 0 Å². The third-order valence-electron chi connectivity index (χ3n) is 2.64. The maximum Gasteiger partial charge on any atom is 0.0931 e. The molecule has 1 N–H and O–H groups in total. The van der Waals surface area contributed by atoms with Crippen molar-refractivity contribution >= 4 is 22.9 Å². The second kappa shape index (κ2) is 4.83. The Labute approximate surface area is 100 Å². The number of halogens is 1. The Bertz CT molecular complexity index is 316. The predicted molar refractivity (Wildman–Crippen MR) is 66.7 cm³/mol. The molecule has 2 rings (SSSR count). The molecular formula is C11H17ClN2S. The topological polar surface area (TPSA) is 15.3 Å². The summed E-state index contributed by atoms with van der Waals surface area (Å²) in [5.74, 6) is 0. The zero-order valence-corrected chi connectivity index (χ0v) is 10.7. The number of thiophene rings is 1. The predicted octanol–water partition coefficient (Wildman–Crippen LogP) is 2.58. The van der Waals surface area contributed by atoms with E-state index in [1.807, 2.05) is 6.07 Å². The number of nitrogens with one attached hydrogen (secondary N) is 1. The van der Waals surface area contributed by atoms with Crippen LogP contribution in [0.15, 0.2) is 12.1 Å². The Hall–Kier alpha value is -0.0900. The van der Waals surface area contributed by atoms with Crippen molar-refractivity contribution in [2.24, 2.45) is 0 Å². The second-order valence-corrected chi connectivity index (χ2v) is 6.17. The van der Waals surface area contributed by atoms with Gasteiger partial charge in [0.15, 0.2) is 0 Å². The van der Waals surface area contributed by atoms with Crippen molar-refractivity contribution < 1.29 is 0 Å². The van der Waals surface area contributed by atoms with E-state index in [0.29, 0.717) is 12.1 Å². The third kappa shape index (κ3) is 3.18. The average molecular weight is 245 g/mol. The Kier molecular flexibility index (Phi) is 3.67. The van der Waals surface area contributed by atoms with E-state index < -0.39 is 0 Å². The van der Waals surface area contributed by atoms with Crippen LogP contribution in [0, 0.1) is 0 Å². The van der Waals surface area contributed by atoms with Crippen LogP contribution >= 0.6 is 22.9 Å². The van der Waals surface area contributed by atoms with Gasteiger partial charge in [-0.25, -0.2) is 0 Å². The standard InChI is InChI=1S/C11H17ClN2S/c1-8-5-14(6-9(2)13-8)7-10-3-4-11(12)15-10/h3-4,8-9,13H,5-7H2,1-2H3. The molecule has 1 aromatic heterocycles. The molecule has 1 aliphatic heterocycles. The molecule has 1 fully saturated rings. The largest absolute Gasteiger partial charge is 0.309 e. The first kappa shape index (κ1) is 11.4. The molecule has 2 heterocycles. The first-order valence-corrected chi connectivity index (χ1v) is 6.55. The molecule has 15 heavy (non-hydrogen) atoms. The van der Waals surface area contributed by atoms with Gasteiger partial charge in [0.2, 0.25) is 0 Å². The maximum absolute atomic E-state index is 5.92. The normalized spacial score (nSPS) is 28.2. The van der Waals surface area contributed by atoms with E-state index in [9.17, 15) is 0 Å². The van der Waals surface area contributed by atoms with Crippen molar-refractivity contribution in [2.75, 3.05) is 13.1 Å². The lowest BCUT2D eigenvalue weighted by atomic mass is 10.1. The van der Waals surface area contributed by atoms with Crippen LogP contribution in [0.5, 0.6) is 0 Å². The fourth-order valence-electron chi connectivity index (χ4n) is 2.23. The fraction of sp³-hybridized carbons (Fsp3) is 0.636. The fourth-order valence-corrected chi connectivity index (χ4v) is 3.36. The molecule has 1 aromatic rings. The molecule has 0 bridgehead atoms. The molecule has 84 valence electrons. The monoisotopic (exact) mass is 244 g/mol. The Morgan fingerprint density at radius 2 is 2.07 bits per heavy atom. The lowest BCUT2D eigenvalue weighted by Gasteiger charge is -2.35. The molecule has 2 atom stereocenters. The van der Waals surface area contributed by atoms with Crippen LogP contribution in [0.25, 0.3) is 0 Å². The third-order valence-corrected chi connectivity index (χ3v) is 3.86. The van der Waals surface area contributed by atoms with Gasteiger partial charge in [0.05, 0.1) is 4.34 Å². The van der Waals surface area contributed by atoms with Crippen molar-refractivity contribution in [2.45, 2.75) is 32.5 Å². The quantitative estimate of drug-likeness (QED) is 0.861. The second-order valence-electron chi connectivity index (χ2n) is 4.37. The lowest BCUT2D eigenvalue weighted by molar-refractivity contribution is 0.168. The number of hydrogen-bond donors (Lipinski definition) is 1. The van der Waals surface area contributed by atoms with Gasteiger partial charge >= 0.3 is 0 Å². The molecule has 0 spiro atoms. The molecule has 2 unspecified atom stereocenters. The summed E-state index contributed by atoms with van der Waals surface area (Å²) in [5, 5.41) is 3.54. The van der Waals surface area contributed by atoms with E-state index in [2.05, 4.69) is 30.1 Å². The SMILES string of the molecule is CC1CN(Cc2ccc(Cl)s2)CC(C)N1. The van der Waals surface area contributed by atoms with Gasteiger partial charge in [-0.2, -0.15) is 0 Å². The van der Waals surface area contributed by atoms with Gasteiger partial charge in [-0.3, -0.25) is 4.90 Å². The number of piperazine rings is 1. The van der Waals surface area contributed by atoms with Gasteiger partial charge in [0.25, 0.3) is 0 Å². The van der Waals surface area contributed by atoms with E-state index in [1.54, 1.807) is 11.3 Å². The molecule has 1 saturated heterocycles. The van der Waals surface area contributed by atoms with Gasteiger partial charge in [-0.15, -0.1) is 11.3 Å². The van der Waals surface area contributed by atoms with Gasteiger partial charge in [0, 0.05) is 36.6 Å². The molecule has 0 aromatic carbocycles. The summed E-state index contributed by atoms with van der Waals surface area (Å²) in [6.07, 6.45) is 0. The van der Waals surface area contributed by atoms with Crippen molar-refractivity contribution in [3.63, 3.8) is 0 Å². The van der Waals surface area contributed by atoms with E-state index in [1.165, 1.54) is 4.88 Å². The lowest BCUT2D eigenvalue weighted by Crippen LogP contribution is -2.53. The summed E-state index contributed by atoms with van der Waals surface area (Å²) in [4.78, 5) is 3.86. The minimum Gasteiger partial charge on any atom is -0.309 e. The first-order chi connectivity index (χ1) is 7.13. The molecular weight excluding hydrogens is 228 g/mol. The zero-order chi connectivity index (χ0) is 10.8. The Morgan fingerprint density at radius 3 is 2.60 bits per heavy atom. The highest BCUT2D eigenvalue weighted by Gasteiger charge is 2.20. The molecule has 2 nitrogen and oxygen atoms in total. The van der Waals surface area contributed by atoms with Crippen molar-refractivity contribution in [1.82, 2.24) is 10.2 Å². The minimum absolute atomic E-state index is 0.587. The highest BCUT2D eigenvalue weighted by atomic mass is 35.5. The van der Waals surface area contributed by atoms with Crippen LogP contribution in [0.4, 0.5) is 0 Å². The Balaban J connectivity index is 1.94. The van der Waals surface area contributed by atoms with Crippen molar-refractivity contribution in [3.05, 3.63) is 21.3 Å². The van der Waals surface area contributed by atoms with Crippen LogP contribution in [-0.2, 0) is 6.54 Å². The van der Waals surface area contributed by atoms with Gasteiger partial charge in [-0.1, -0.05) is 11.6 Å². The summed E-state index contributed by atoms with van der Waals surface area (Å²) in [6.45, 7) is 7.77. The Morgan fingerprint density at radius 1 is 1.40 bits per heavy atom. The van der Waals surface area contributed by atoms with Gasteiger partial charge in [-0.05, 0) is 26.0 Å². The van der Waals surface area contributed by atoms with Crippen LogP contribution in [-0.4, -0.2) is 30.1 Å². The number of nitrogens with zero attached hydrogens (tertiary/aromatic N) is 1. The molecule has 0 saturated carbocycles. The average Bonchev–Trinajstić information content (AvgIpc) is 2.49. The first-order valence-electron chi connectivity index (χ1n) is 5.36. The zero-order valence-electron chi connectivity index (χ0n) is 9.16. The molecule has 4 heteroatoms. The summed E-state index contributed by atoms with van der Waals surface area (Å²) in [6, 6.07) is 5.29. The summed E-state index contributed by atoms with van der Waals surface area (Å²) >= 11 is 7.61. The highest BCUT2D eigenvalue weighted by Crippen LogP contribution is 2.23. The maximum atomic E-state index is 5.92. The smallest absolute Gasteiger partial charge is 0.0931 e. The molecule has 1 aliphatic rings. The summed E-state index contributed by atoms with van der Waals surface area (Å²) in [7, 11) is 0. The van der Waals surface area contributed by atoms with Crippen LogP contribution in [0.3, 0.4) is 0 Å². The van der Waals surface area contributed by atoms with Gasteiger partial charge in [0.1, 0.15) is 0 Å². The minimum atomic E-state index is 0.587.